The molecule has 102 valence electrons. The van der Waals surface area contributed by atoms with Gasteiger partial charge in [0.1, 0.15) is 5.82 Å². The molecule has 20 heavy (non-hydrogen) atoms. The van der Waals surface area contributed by atoms with Gasteiger partial charge in [0.25, 0.3) is 11.6 Å². The second-order valence-corrected chi connectivity index (χ2v) is 4.71. The Labute approximate surface area is 121 Å². The smallest absolute Gasteiger partial charge is 0.270 e. The Hall–Kier alpha value is -2.28. The minimum absolute atomic E-state index is 0.0101. The number of rotatable bonds is 3. The molecular weight excluding hydrogens is 331 g/mol. The van der Waals surface area contributed by atoms with Gasteiger partial charge in [0.15, 0.2) is 0 Å². The average Bonchev–Trinajstić information content (AvgIpc) is 2.41. The standard InChI is InChI=1S/C13H8BrFN2O3/c14-10-6-5-8(17(19)20)7-9(10)13(18)16-12-4-2-1-3-11(12)15/h1-7H,(H,16,18). The Morgan fingerprint density at radius 3 is 2.60 bits per heavy atom. The molecule has 0 aliphatic heterocycles. The van der Waals surface area contributed by atoms with E-state index >= 15 is 0 Å². The Morgan fingerprint density at radius 2 is 1.95 bits per heavy atom. The van der Waals surface area contributed by atoms with Crippen molar-refractivity contribution in [2.24, 2.45) is 0 Å². The van der Waals surface area contributed by atoms with Crippen molar-refractivity contribution in [1.29, 1.82) is 0 Å². The molecule has 1 amide bonds. The number of nitro benzene ring substituents is 1. The summed E-state index contributed by atoms with van der Waals surface area (Å²) in [6.45, 7) is 0. The second kappa shape index (κ2) is 5.79. The van der Waals surface area contributed by atoms with Gasteiger partial charge in [-0.05, 0) is 34.1 Å². The van der Waals surface area contributed by atoms with Crippen molar-refractivity contribution in [1.82, 2.24) is 0 Å². The van der Waals surface area contributed by atoms with Crippen LogP contribution in [-0.4, -0.2) is 10.8 Å². The third-order valence-electron chi connectivity index (χ3n) is 2.53. The van der Waals surface area contributed by atoms with Crippen molar-refractivity contribution in [2.75, 3.05) is 5.32 Å². The normalized spacial score (nSPS) is 10.1. The molecule has 2 aromatic rings. The predicted molar refractivity (Wildman–Crippen MR) is 75.1 cm³/mol. The van der Waals surface area contributed by atoms with Crippen molar-refractivity contribution >= 4 is 33.2 Å². The van der Waals surface area contributed by atoms with E-state index in [1.807, 2.05) is 0 Å². The summed E-state index contributed by atoms with van der Waals surface area (Å²) in [5, 5.41) is 13.1. The Balaban J connectivity index is 2.32. The number of carbonyl (C=O) groups excluding carboxylic acids is 1. The second-order valence-electron chi connectivity index (χ2n) is 3.86. The molecule has 0 heterocycles. The van der Waals surface area contributed by atoms with Crippen LogP contribution in [0.1, 0.15) is 10.4 Å². The molecular formula is C13H8BrFN2O3. The van der Waals surface area contributed by atoms with Crippen molar-refractivity contribution in [3.8, 4) is 0 Å². The molecule has 0 fully saturated rings. The molecule has 5 nitrogen and oxygen atoms in total. The summed E-state index contributed by atoms with van der Waals surface area (Å²) in [7, 11) is 0. The van der Waals surface area contributed by atoms with E-state index in [4.69, 9.17) is 0 Å². The van der Waals surface area contributed by atoms with Gasteiger partial charge in [0.05, 0.1) is 16.2 Å². The van der Waals surface area contributed by atoms with E-state index < -0.39 is 16.6 Å². The van der Waals surface area contributed by atoms with E-state index in [2.05, 4.69) is 21.2 Å². The van der Waals surface area contributed by atoms with E-state index in [9.17, 15) is 19.3 Å². The minimum Gasteiger partial charge on any atom is -0.319 e. The van der Waals surface area contributed by atoms with E-state index in [1.54, 1.807) is 6.07 Å². The van der Waals surface area contributed by atoms with Crippen LogP contribution in [0.3, 0.4) is 0 Å². The van der Waals surface area contributed by atoms with Gasteiger partial charge in [-0.15, -0.1) is 0 Å². The lowest BCUT2D eigenvalue weighted by Gasteiger charge is -2.07. The summed E-state index contributed by atoms with van der Waals surface area (Å²) in [6, 6.07) is 9.46. The molecule has 2 rings (SSSR count). The van der Waals surface area contributed by atoms with Crippen LogP contribution in [0.15, 0.2) is 46.9 Å². The maximum absolute atomic E-state index is 13.4. The maximum Gasteiger partial charge on any atom is 0.270 e. The number of para-hydroxylation sites is 1. The first-order valence-corrected chi connectivity index (χ1v) is 6.28. The van der Waals surface area contributed by atoms with Gasteiger partial charge in [-0.1, -0.05) is 12.1 Å². The molecule has 0 aliphatic rings. The number of nitrogens with zero attached hydrogens (tertiary/aromatic N) is 1. The molecule has 0 aliphatic carbocycles. The highest BCUT2D eigenvalue weighted by Crippen LogP contribution is 2.24. The van der Waals surface area contributed by atoms with Gasteiger partial charge in [-0.3, -0.25) is 14.9 Å². The average molecular weight is 339 g/mol. The van der Waals surface area contributed by atoms with Crippen LogP contribution in [0.25, 0.3) is 0 Å². The zero-order valence-corrected chi connectivity index (χ0v) is 11.6. The van der Waals surface area contributed by atoms with Crippen molar-refractivity contribution in [2.45, 2.75) is 0 Å². The largest absolute Gasteiger partial charge is 0.319 e. The van der Waals surface area contributed by atoms with Crippen LogP contribution in [0, 0.1) is 15.9 Å². The SMILES string of the molecule is O=C(Nc1ccccc1F)c1cc([N+](=O)[O-])ccc1Br. The van der Waals surface area contributed by atoms with Crippen LogP contribution in [0.5, 0.6) is 0 Å². The van der Waals surface area contributed by atoms with Gasteiger partial charge < -0.3 is 5.32 Å². The lowest BCUT2D eigenvalue weighted by molar-refractivity contribution is -0.384. The molecule has 0 radical (unpaired) electrons. The van der Waals surface area contributed by atoms with E-state index in [0.29, 0.717) is 4.47 Å². The number of hydrogen-bond acceptors (Lipinski definition) is 3. The van der Waals surface area contributed by atoms with Gasteiger partial charge in [0, 0.05) is 16.6 Å². The number of carbonyl (C=O) groups is 1. The number of amides is 1. The molecule has 1 N–H and O–H groups in total. The number of nitro groups is 1. The number of benzene rings is 2. The molecule has 0 unspecified atom stereocenters. The zero-order chi connectivity index (χ0) is 14.7. The Morgan fingerprint density at radius 1 is 1.25 bits per heavy atom. The van der Waals surface area contributed by atoms with Crippen LogP contribution in [-0.2, 0) is 0 Å². The molecule has 7 heteroatoms. The van der Waals surface area contributed by atoms with Crippen molar-refractivity contribution in [3.05, 3.63) is 68.4 Å². The molecule has 0 atom stereocenters. The van der Waals surface area contributed by atoms with E-state index in [1.165, 1.54) is 30.3 Å². The number of halogens is 2. The third-order valence-corrected chi connectivity index (χ3v) is 3.22. The van der Waals surface area contributed by atoms with Crippen molar-refractivity contribution < 1.29 is 14.1 Å². The Bertz CT molecular complexity index is 691. The van der Waals surface area contributed by atoms with Gasteiger partial charge in [0.2, 0.25) is 0 Å². The number of nitrogens with one attached hydrogen (secondary N) is 1. The summed E-state index contributed by atoms with van der Waals surface area (Å²) < 4.78 is 13.8. The highest BCUT2D eigenvalue weighted by atomic mass is 79.9. The maximum atomic E-state index is 13.4. The molecule has 0 aromatic heterocycles. The van der Waals surface area contributed by atoms with E-state index in [-0.39, 0.29) is 16.9 Å². The monoisotopic (exact) mass is 338 g/mol. The first kappa shape index (κ1) is 14.1. The zero-order valence-electron chi connectivity index (χ0n) is 9.97. The van der Waals surface area contributed by atoms with Crippen LogP contribution < -0.4 is 5.32 Å². The first-order valence-electron chi connectivity index (χ1n) is 5.49. The topological polar surface area (TPSA) is 72.2 Å². The highest BCUT2D eigenvalue weighted by molar-refractivity contribution is 9.10. The predicted octanol–water partition coefficient (Wildman–Crippen LogP) is 3.75. The van der Waals surface area contributed by atoms with E-state index in [0.717, 1.165) is 6.07 Å². The summed E-state index contributed by atoms with van der Waals surface area (Å²) in [6.07, 6.45) is 0. The lowest BCUT2D eigenvalue weighted by atomic mass is 10.2. The number of anilines is 1. The van der Waals surface area contributed by atoms with Crippen LogP contribution >= 0.6 is 15.9 Å². The molecule has 0 saturated carbocycles. The molecule has 2 aromatic carbocycles. The number of non-ortho nitro benzene ring substituents is 1. The fourth-order valence-electron chi connectivity index (χ4n) is 1.55. The quantitative estimate of drug-likeness (QED) is 0.684. The van der Waals surface area contributed by atoms with Crippen LogP contribution in [0.2, 0.25) is 0 Å². The fraction of sp³-hybridized carbons (Fsp3) is 0. The molecule has 0 saturated heterocycles. The number of hydrogen-bond donors (Lipinski definition) is 1. The minimum atomic E-state index is -0.634. The summed E-state index contributed by atoms with van der Waals surface area (Å²) in [5.41, 5.74) is -0.148. The van der Waals surface area contributed by atoms with Crippen LogP contribution in [0.4, 0.5) is 15.8 Å². The van der Waals surface area contributed by atoms with Crippen molar-refractivity contribution in [3.63, 3.8) is 0 Å². The fourth-order valence-corrected chi connectivity index (χ4v) is 1.98. The van der Waals surface area contributed by atoms with Gasteiger partial charge in [-0.25, -0.2) is 4.39 Å². The third kappa shape index (κ3) is 3.00. The Kier molecular flexibility index (Phi) is 4.09. The molecule has 0 bridgehead atoms. The highest BCUT2D eigenvalue weighted by Gasteiger charge is 2.16. The van der Waals surface area contributed by atoms with Gasteiger partial charge >= 0.3 is 0 Å². The molecule has 0 spiro atoms. The summed E-state index contributed by atoms with van der Waals surface area (Å²) >= 11 is 3.13. The summed E-state index contributed by atoms with van der Waals surface area (Å²) in [5.74, 6) is -1.21. The van der Waals surface area contributed by atoms with Gasteiger partial charge in [-0.2, -0.15) is 0 Å². The first-order chi connectivity index (χ1) is 9.49. The lowest BCUT2D eigenvalue weighted by Crippen LogP contribution is -2.13. The summed E-state index contributed by atoms with van der Waals surface area (Å²) in [4.78, 5) is 22.1.